The highest BCUT2D eigenvalue weighted by molar-refractivity contribution is 6.09. The lowest BCUT2D eigenvalue weighted by Gasteiger charge is -2.46. The van der Waals surface area contributed by atoms with Crippen LogP contribution in [0.3, 0.4) is 0 Å². The summed E-state index contributed by atoms with van der Waals surface area (Å²) in [5.41, 5.74) is 1.51. The lowest BCUT2D eigenvalue weighted by Crippen LogP contribution is -2.59. The SMILES string of the molecule is O=C(/C=C/c1cncnc1)C1C(=O)NC2CCCC(F)C2C1c1ccccc1. The van der Waals surface area contributed by atoms with Gasteiger partial charge in [0.05, 0.1) is 0 Å². The number of alkyl halides is 1. The number of carbonyl (C=O) groups is 2. The standard InChI is InChI=1S/C22H22FN3O2/c23-16-7-4-8-17-20(16)19(15-5-2-1-3-6-15)21(22(28)26-17)18(27)10-9-14-11-24-13-25-12-14/h1-3,5-6,9-13,16-17,19-21H,4,7-8H2,(H,26,28)/b10-9+. The molecule has 0 bridgehead atoms. The minimum atomic E-state index is -1.04. The van der Waals surface area contributed by atoms with Crippen molar-refractivity contribution in [2.24, 2.45) is 11.8 Å². The highest BCUT2D eigenvalue weighted by atomic mass is 19.1. The number of halogens is 1. The first-order valence-corrected chi connectivity index (χ1v) is 9.61. The fourth-order valence-electron chi connectivity index (χ4n) is 4.55. The predicted molar refractivity (Wildman–Crippen MR) is 103 cm³/mol. The van der Waals surface area contributed by atoms with Crippen molar-refractivity contribution in [1.29, 1.82) is 0 Å². The van der Waals surface area contributed by atoms with Gasteiger partial charge in [-0.05, 0) is 37.0 Å². The van der Waals surface area contributed by atoms with Gasteiger partial charge in [0.25, 0.3) is 0 Å². The van der Waals surface area contributed by atoms with E-state index in [4.69, 9.17) is 0 Å². The van der Waals surface area contributed by atoms with E-state index >= 15 is 0 Å². The number of benzene rings is 1. The van der Waals surface area contributed by atoms with Gasteiger partial charge in [0, 0.05) is 35.8 Å². The molecule has 2 fully saturated rings. The second-order valence-electron chi connectivity index (χ2n) is 7.46. The summed E-state index contributed by atoms with van der Waals surface area (Å²) >= 11 is 0. The quantitative estimate of drug-likeness (QED) is 0.655. The Kier molecular flexibility index (Phi) is 5.28. The number of ketones is 1. The Hall–Kier alpha value is -2.89. The van der Waals surface area contributed by atoms with Gasteiger partial charge in [-0.1, -0.05) is 30.3 Å². The normalized spacial score (nSPS) is 29.9. The van der Waals surface area contributed by atoms with E-state index in [0.29, 0.717) is 12.0 Å². The molecule has 0 spiro atoms. The number of hydrogen-bond acceptors (Lipinski definition) is 4. The number of fused-ring (bicyclic) bond motifs is 1. The Morgan fingerprint density at radius 3 is 2.64 bits per heavy atom. The summed E-state index contributed by atoms with van der Waals surface area (Å²) < 4.78 is 15.0. The predicted octanol–water partition coefficient (Wildman–Crippen LogP) is 3.10. The van der Waals surface area contributed by atoms with Gasteiger partial charge in [0.1, 0.15) is 18.4 Å². The fraction of sp³-hybridized carbons (Fsp3) is 0.364. The average Bonchev–Trinajstić information content (AvgIpc) is 2.72. The van der Waals surface area contributed by atoms with Crippen LogP contribution in [-0.2, 0) is 9.59 Å². The lowest BCUT2D eigenvalue weighted by molar-refractivity contribution is -0.139. The number of allylic oxidation sites excluding steroid dienone is 1. The number of amides is 1. The molecule has 5 atom stereocenters. The van der Waals surface area contributed by atoms with Crippen molar-refractivity contribution < 1.29 is 14.0 Å². The topological polar surface area (TPSA) is 72.0 Å². The van der Waals surface area contributed by atoms with Gasteiger partial charge >= 0.3 is 0 Å². The molecule has 5 nitrogen and oxygen atoms in total. The van der Waals surface area contributed by atoms with Crippen molar-refractivity contribution in [3.63, 3.8) is 0 Å². The number of aromatic nitrogens is 2. The maximum Gasteiger partial charge on any atom is 0.231 e. The lowest BCUT2D eigenvalue weighted by atomic mass is 9.64. The molecule has 2 heterocycles. The van der Waals surface area contributed by atoms with E-state index in [1.54, 1.807) is 18.5 Å². The first-order valence-electron chi connectivity index (χ1n) is 9.61. The van der Waals surface area contributed by atoms with Gasteiger partial charge in [-0.3, -0.25) is 9.59 Å². The molecule has 2 aromatic rings. The summed E-state index contributed by atoms with van der Waals surface area (Å²) in [6.07, 6.45) is 8.48. The third kappa shape index (κ3) is 3.59. The highest BCUT2D eigenvalue weighted by Crippen LogP contribution is 2.45. The monoisotopic (exact) mass is 379 g/mol. The second-order valence-corrected chi connectivity index (χ2v) is 7.46. The van der Waals surface area contributed by atoms with Crippen molar-refractivity contribution in [3.05, 3.63) is 66.3 Å². The molecular weight excluding hydrogens is 357 g/mol. The van der Waals surface area contributed by atoms with E-state index in [0.717, 1.165) is 18.4 Å². The molecule has 0 radical (unpaired) electrons. The number of nitrogens with one attached hydrogen (secondary N) is 1. The van der Waals surface area contributed by atoms with Gasteiger partial charge in [-0.15, -0.1) is 0 Å². The van der Waals surface area contributed by atoms with Crippen LogP contribution >= 0.6 is 0 Å². The molecule has 144 valence electrons. The zero-order valence-corrected chi connectivity index (χ0v) is 15.4. The molecule has 1 aromatic heterocycles. The van der Waals surface area contributed by atoms with Crippen LogP contribution in [0.2, 0.25) is 0 Å². The minimum Gasteiger partial charge on any atom is -0.352 e. The Balaban J connectivity index is 1.69. The first kappa shape index (κ1) is 18.5. The van der Waals surface area contributed by atoms with Gasteiger partial charge in [-0.25, -0.2) is 14.4 Å². The van der Waals surface area contributed by atoms with Crippen LogP contribution in [0.4, 0.5) is 4.39 Å². The van der Waals surface area contributed by atoms with Crippen molar-refractivity contribution in [2.45, 2.75) is 37.4 Å². The summed E-state index contributed by atoms with van der Waals surface area (Å²) in [6.45, 7) is 0. The highest BCUT2D eigenvalue weighted by Gasteiger charge is 2.51. The molecule has 5 unspecified atom stereocenters. The molecule has 1 amide bonds. The van der Waals surface area contributed by atoms with Crippen LogP contribution in [0.15, 0.2) is 55.1 Å². The second kappa shape index (κ2) is 8.00. The van der Waals surface area contributed by atoms with Crippen LogP contribution in [0.1, 0.15) is 36.3 Å². The van der Waals surface area contributed by atoms with Gasteiger partial charge < -0.3 is 5.32 Å². The van der Waals surface area contributed by atoms with E-state index in [1.807, 2.05) is 30.3 Å². The molecule has 1 aromatic carbocycles. The van der Waals surface area contributed by atoms with Gasteiger partial charge in [0.15, 0.2) is 5.78 Å². The van der Waals surface area contributed by atoms with Crippen LogP contribution in [-0.4, -0.2) is 33.9 Å². The average molecular weight is 379 g/mol. The number of rotatable bonds is 4. The summed E-state index contributed by atoms with van der Waals surface area (Å²) in [7, 11) is 0. The van der Waals surface area contributed by atoms with E-state index < -0.39 is 23.9 Å². The Morgan fingerprint density at radius 2 is 1.89 bits per heavy atom. The van der Waals surface area contributed by atoms with Crippen LogP contribution < -0.4 is 5.32 Å². The number of hydrogen-bond donors (Lipinski definition) is 1. The molecule has 1 aliphatic carbocycles. The van der Waals surface area contributed by atoms with Crippen molar-refractivity contribution in [3.8, 4) is 0 Å². The minimum absolute atomic E-state index is 0.225. The molecule has 2 aliphatic rings. The van der Waals surface area contributed by atoms with Crippen LogP contribution in [0.25, 0.3) is 6.08 Å². The molecule has 1 aliphatic heterocycles. The molecule has 28 heavy (non-hydrogen) atoms. The third-order valence-corrected chi connectivity index (χ3v) is 5.77. The smallest absolute Gasteiger partial charge is 0.231 e. The molecular formula is C22H22FN3O2. The van der Waals surface area contributed by atoms with Gasteiger partial charge in [0.2, 0.25) is 5.91 Å². The molecule has 6 heteroatoms. The van der Waals surface area contributed by atoms with Crippen molar-refractivity contribution in [2.75, 3.05) is 0 Å². The molecule has 1 N–H and O–H groups in total. The summed E-state index contributed by atoms with van der Waals surface area (Å²) in [4.78, 5) is 33.7. The van der Waals surface area contributed by atoms with Crippen molar-refractivity contribution in [1.82, 2.24) is 15.3 Å². The van der Waals surface area contributed by atoms with E-state index in [2.05, 4.69) is 15.3 Å². The Bertz CT molecular complexity index is 872. The zero-order valence-electron chi connectivity index (χ0n) is 15.4. The first-order chi connectivity index (χ1) is 13.6. The largest absolute Gasteiger partial charge is 0.352 e. The maximum atomic E-state index is 15.0. The van der Waals surface area contributed by atoms with Crippen molar-refractivity contribution >= 4 is 17.8 Å². The van der Waals surface area contributed by atoms with E-state index in [9.17, 15) is 14.0 Å². The van der Waals surface area contributed by atoms with E-state index in [-0.39, 0.29) is 17.7 Å². The van der Waals surface area contributed by atoms with Gasteiger partial charge in [-0.2, -0.15) is 0 Å². The number of piperidine rings is 1. The number of carbonyl (C=O) groups excluding carboxylic acids is 2. The molecule has 1 saturated heterocycles. The third-order valence-electron chi connectivity index (χ3n) is 5.77. The summed E-state index contributed by atoms with van der Waals surface area (Å²) in [6, 6.07) is 9.16. The molecule has 4 rings (SSSR count). The Morgan fingerprint density at radius 1 is 1.14 bits per heavy atom. The fourth-order valence-corrected chi connectivity index (χ4v) is 4.55. The number of nitrogens with zero attached hydrogens (tertiary/aromatic N) is 2. The zero-order chi connectivity index (χ0) is 19.5. The Labute approximate surface area is 163 Å². The summed E-state index contributed by atoms with van der Waals surface area (Å²) in [5, 5.41) is 2.92. The van der Waals surface area contributed by atoms with E-state index in [1.165, 1.54) is 12.4 Å². The van der Waals surface area contributed by atoms with Crippen LogP contribution in [0.5, 0.6) is 0 Å². The maximum absolute atomic E-state index is 15.0. The molecule has 1 saturated carbocycles. The van der Waals surface area contributed by atoms with Crippen LogP contribution in [0, 0.1) is 11.8 Å². The summed E-state index contributed by atoms with van der Waals surface area (Å²) in [5.74, 6) is -2.45.